The average molecular weight is 308 g/mol. The molecule has 6 heteroatoms. The van der Waals surface area contributed by atoms with Gasteiger partial charge >= 0.3 is 5.97 Å². The number of hydrogen-bond donors (Lipinski definition) is 0. The van der Waals surface area contributed by atoms with Crippen LogP contribution in [-0.2, 0) is 16.0 Å². The fraction of sp³-hybridized carbons (Fsp3) is 0.533. The molecule has 2 aromatic rings. The van der Waals surface area contributed by atoms with Crippen LogP contribution in [0, 0.1) is 5.92 Å². The number of esters is 1. The molecule has 5 nitrogen and oxygen atoms in total. The smallest absolute Gasteiger partial charge is 0.329 e. The van der Waals surface area contributed by atoms with Gasteiger partial charge in [-0.2, -0.15) is 0 Å². The van der Waals surface area contributed by atoms with Crippen molar-refractivity contribution in [3.8, 4) is 0 Å². The van der Waals surface area contributed by atoms with Crippen LogP contribution in [0.15, 0.2) is 17.2 Å². The van der Waals surface area contributed by atoms with Crippen molar-refractivity contribution in [1.29, 1.82) is 0 Å². The van der Waals surface area contributed by atoms with E-state index in [9.17, 15) is 9.59 Å². The van der Waals surface area contributed by atoms with Crippen LogP contribution in [0.1, 0.15) is 38.6 Å². The highest BCUT2D eigenvalue weighted by atomic mass is 32.1. The van der Waals surface area contributed by atoms with Gasteiger partial charge in [0.05, 0.1) is 18.3 Å². The van der Waals surface area contributed by atoms with Gasteiger partial charge in [0.2, 0.25) is 0 Å². The van der Waals surface area contributed by atoms with E-state index in [0.29, 0.717) is 12.0 Å². The summed E-state index contributed by atoms with van der Waals surface area (Å²) in [6.07, 6.45) is 2.30. The summed E-state index contributed by atoms with van der Waals surface area (Å²) in [5.74, 6) is -0.139. The Morgan fingerprint density at radius 3 is 2.76 bits per heavy atom. The fourth-order valence-corrected chi connectivity index (χ4v) is 2.85. The van der Waals surface area contributed by atoms with Gasteiger partial charge in [-0.1, -0.05) is 20.8 Å². The zero-order chi connectivity index (χ0) is 15.6. The highest BCUT2D eigenvalue weighted by Gasteiger charge is 2.20. The quantitative estimate of drug-likeness (QED) is 0.797. The lowest BCUT2D eigenvalue weighted by atomic mass is 10.2. The molecule has 0 fully saturated rings. The van der Waals surface area contributed by atoms with Crippen LogP contribution in [-0.4, -0.2) is 22.1 Å². The fourth-order valence-electron chi connectivity index (χ4n) is 1.92. The van der Waals surface area contributed by atoms with Gasteiger partial charge in [-0.15, -0.1) is 11.3 Å². The van der Waals surface area contributed by atoms with Gasteiger partial charge in [0.15, 0.2) is 0 Å². The monoisotopic (exact) mass is 308 g/mol. The molecule has 0 amide bonds. The topological polar surface area (TPSA) is 61.2 Å². The van der Waals surface area contributed by atoms with E-state index < -0.39 is 12.0 Å². The van der Waals surface area contributed by atoms with Crippen LogP contribution in [0.4, 0.5) is 0 Å². The van der Waals surface area contributed by atoms with Crippen LogP contribution < -0.4 is 5.56 Å². The zero-order valence-electron chi connectivity index (χ0n) is 12.8. The number of ether oxygens (including phenoxy) is 1. The number of aromatic nitrogens is 2. The van der Waals surface area contributed by atoms with Crippen LogP contribution >= 0.6 is 11.3 Å². The molecule has 0 saturated carbocycles. The maximum Gasteiger partial charge on any atom is 0.329 e. The summed E-state index contributed by atoms with van der Waals surface area (Å²) in [7, 11) is 0. The van der Waals surface area contributed by atoms with E-state index in [1.54, 1.807) is 6.92 Å². The summed E-state index contributed by atoms with van der Waals surface area (Å²) < 4.78 is 6.53. The van der Waals surface area contributed by atoms with E-state index in [1.807, 2.05) is 26.8 Å². The lowest BCUT2D eigenvalue weighted by Gasteiger charge is -2.14. The molecule has 1 atom stereocenters. The Bertz CT molecular complexity index is 702. The van der Waals surface area contributed by atoms with Crippen molar-refractivity contribution >= 4 is 27.5 Å². The summed E-state index contributed by atoms with van der Waals surface area (Å²) in [6, 6.07) is 1.19. The first-order valence-corrected chi connectivity index (χ1v) is 7.91. The minimum Gasteiger partial charge on any atom is -0.464 e. The zero-order valence-corrected chi connectivity index (χ0v) is 13.6. The second-order valence-electron chi connectivity index (χ2n) is 5.44. The molecule has 0 aliphatic rings. The molecule has 0 aliphatic heterocycles. The van der Waals surface area contributed by atoms with Crippen molar-refractivity contribution in [2.24, 2.45) is 5.92 Å². The number of hydrogen-bond acceptors (Lipinski definition) is 5. The molecule has 0 N–H and O–H groups in total. The van der Waals surface area contributed by atoms with Gasteiger partial charge in [-0.25, -0.2) is 9.78 Å². The summed E-state index contributed by atoms with van der Waals surface area (Å²) in [4.78, 5) is 30.6. The molecule has 0 aromatic carbocycles. The Balaban J connectivity index is 2.31. The largest absolute Gasteiger partial charge is 0.464 e. The molecule has 0 unspecified atom stereocenters. The van der Waals surface area contributed by atoms with Crippen molar-refractivity contribution in [1.82, 2.24) is 9.55 Å². The molecule has 0 spiro atoms. The minimum absolute atomic E-state index is 0.190. The number of aryl methyl sites for hydroxylation is 1. The molecule has 0 saturated heterocycles. The van der Waals surface area contributed by atoms with E-state index in [4.69, 9.17) is 4.74 Å². The lowest BCUT2D eigenvalue weighted by molar-refractivity contribution is -0.148. The van der Waals surface area contributed by atoms with Crippen LogP contribution in [0.3, 0.4) is 0 Å². The van der Waals surface area contributed by atoms with Gasteiger partial charge in [0.25, 0.3) is 5.56 Å². The Hall–Kier alpha value is -1.69. The molecular formula is C15H20N2O3S. The SMILES string of the molecule is CCc1cc2c(=O)n([C@@H](C)C(=O)OCC(C)C)cnc2s1. The van der Waals surface area contributed by atoms with Crippen molar-refractivity contribution in [2.45, 2.75) is 40.2 Å². The molecule has 2 heterocycles. The first kappa shape index (κ1) is 15.7. The van der Waals surface area contributed by atoms with Crippen LogP contribution in [0.25, 0.3) is 10.2 Å². The second kappa shape index (κ2) is 6.39. The van der Waals surface area contributed by atoms with E-state index in [0.717, 1.165) is 16.1 Å². The first-order valence-electron chi connectivity index (χ1n) is 7.10. The predicted octanol–water partition coefficient (Wildman–Crippen LogP) is 2.78. The Kier molecular flexibility index (Phi) is 4.77. The Morgan fingerprint density at radius 1 is 1.43 bits per heavy atom. The highest BCUT2D eigenvalue weighted by Crippen LogP contribution is 2.21. The van der Waals surface area contributed by atoms with Crippen molar-refractivity contribution < 1.29 is 9.53 Å². The summed E-state index contributed by atoms with van der Waals surface area (Å²) in [6.45, 7) is 7.98. The van der Waals surface area contributed by atoms with Gasteiger partial charge < -0.3 is 4.74 Å². The third-order valence-corrected chi connectivity index (χ3v) is 4.38. The minimum atomic E-state index is -0.668. The van der Waals surface area contributed by atoms with Gasteiger partial charge in [-0.3, -0.25) is 9.36 Å². The van der Waals surface area contributed by atoms with E-state index >= 15 is 0 Å². The molecule has 0 aliphatic carbocycles. The third-order valence-electron chi connectivity index (χ3n) is 3.19. The van der Waals surface area contributed by atoms with Gasteiger partial charge in [-0.05, 0) is 25.3 Å². The van der Waals surface area contributed by atoms with Crippen molar-refractivity contribution in [2.75, 3.05) is 6.61 Å². The predicted molar refractivity (Wildman–Crippen MR) is 83.8 cm³/mol. The second-order valence-corrected chi connectivity index (χ2v) is 6.56. The normalized spacial score (nSPS) is 12.8. The summed E-state index contributed by atoms with van der Waals surface area (Å²) in [5.41, 5.74) is -0.190. The van der Waals surface area contributed by atoms with Crippen molar-refractivity contribution in [3.05, 3.63) is 27.6 Å². The Morgan fingerprint density at radius 2 is 2.14 bits per heavy atom. The van der Waals surface area contributed by atoms with Crippen LogP contribution in [0.2, 0.25) is 0 Å². The lowest BCUT2D eigenvalue weighted by Crippen LogP contribution is -2.29. The molecule has 0 radical (unpaired) electrons. The van der Waals surface area contributed by atoms with Crippen LogP contribution in [0.5, 0.6) is 0 Å². The molecule has 21 heavy (non-hydrogen) atoms. The number of carbonyl (C=O) groups excluding carboxylic acids is 1. The maximum absolute atomic E-state index is 12.5. The highest BCUT2D eigenvalue weighted by molar-refractivity contribution is 7.18. The molecule has 2 rings (SSSR count). The number of fused-ring (bicyclic) bond motifs is 1. The standard InChI is InChI=1S/C15H20N2O3S/c1-5-11-6-12-13(21-11)16-8-17(14(12)18)10(4)15(19)20-7-9(2)3/h6,8-10H,5,7H2,1-4H3/t10-/m0/s1. The van der Waals surface area contributed by atoms with Gasteiger partial charge in [0.1, 0.15) is 10.9 Å². The van der Waals surface area contributed by atoms with Gasteiger partial charge in [0, 0.05) is 4.88 Å². The first-order chi connectivity index (χ1) is 9.93. The molecule has 114 valence electrons. The number of rotatable bonds is 5. The summed E-state index contributed by atoms with van der Waals surface area (Å²) >= 11 is 1.51. The van der Waals surface area contributed by atoms with E-state index in [2.05, 4.69) is 4.98 Å². The van der Waals surface area contributed by atoms with Crippen molar-refractivity contribution in [3.63, 3.8) is 0 Å². The number of nitrogens with zero attached hydrogens (tertiary/aromatic N) is 2. The van der Waals surface area contributed by atoms with E-state index in [1.165, 1.54) is 22.2 Å². The molecular weight excluding hydrogens is 288 g/mol. The molecule has 2 aromatic heterocycles. The maximum atomic E-state index is 12.5. The Labute approximate surface area is 127 Å². The third kappa shape index (κ3) is 3.32. The molecule has 0 bridgehead atoms. The summed E-state index contributed by atoms with van der Waals surface area (Å²) in [5, 5.41) is 0.572. The average Bonchev–Trinajstić information content (AvgIpc) is 2.88. The number of carbonyl (C=O) groups is 1. The van der Waals surface area contributed by atoms with E-state index in [-0.39, 0.29) is 11.5 Å². The number of thiophene rings is 1.